The molecule has 0 aliphatic carbocycles. The third kappa shape index (κ3) is 3.65. The van der Waals surface area contributed by atoms with Crippen LogP contribution in [-0.4, -0.2) is 28.9 Å². The van der Waals surface area contributed by atoms with E-state index in [0.717, 1.165) is 4.70 Å². The van der Waals surface area contributed by atoms with Gasteiger partial charge in [0, 0.05) is 10.6 Å². The number of aliphatic hydroxyl groups excluding tert-OH is 1. The van der Waals surface area contributed by atoms with Crippen molar-refractivity contribution in [1.29, 1.82) is 0 Å². The van der Waals surface area contributed by atoms with Crippen LogP contribution in [0.15, 0.2) is 78.4 Å². The lowest BCUT2D eigenvalue weighted by atomic mass is 9.95. The van der Waals surface area contributed by atoms with E-state index in [4.69, 9.17) is 16.3 Å². The number of methoxy groups -OCH3 is 1. The van der Waals surface area contributed by atoms with Gasteiger partial charge in [-0.3, -0.25) is 14.5 Å². The summed E-state index contributed by atoms with van der Waals surface area (Å²) < 4.78 is 6.10. The van der Waals surface area contributed by atoms with Crippen molar-refractivity contribution >= 4 is 55.7 Å². The number of ether oxygens (including phenoxy) is 1. The summed E-state index contributed by atoms with van der Waals surface area (Å²) in [6, 6.07) is 20.1. The van der Waals surface area contributed by atoms with Crippen molar-refractivity contribution in [3.8, 4) is 5.75 Å². The number of nitrogens with zero attached hydrogens (tertiary/aromatic N) is 2. The van der Waals surface area contributed by atoms with Crippen LogP contribution in [0.1, 0.15) is 17.2 Å². The van der Waals surface area contributed by atoms with Gasteiger partial charge in [-0.1, -0.05) is 65.4 Å². The summed E-state index contributed by atoms with van der Waals surface area (Å²) in [7, 11) is 1.58. The molecule has 8 heteroatoms. The SMILES string of the molecule is COc1ccc2nc(N3C(=O)C(=O)/C(=C(/O)c4ccccc4)[C@H]3c3ccc(Cl)cc3)sc2c1. The second-order valence-electron chi connectivity index (χ2n) is 7.42. The second-order valence-corrected chi connectivity index (χ2v) is 8.86. The number of rotatable bonds is 4. The normalized spacial score (nSPS) is 17.6. The van der Waals surface area contributed by atoms with Gasteiger partial charge in [-0.2, -0.15) is 0 Å². The minimum Gasteiger partial charge on any atom is -0.507 e. The Morgan fingerprint density at radius 2 is 1.79 bits per heavy atom. The molecule has 1 fully saturated rings. The molecule has 33 heavy (non-hydrogen) atoms. The van der Waals surface area contributed by atoms with Crippen LogP contribution in [0.2, 0.25) is 5.02 Å². The van der Waals surface area contributed by atoms with Gasteiger partial charge in [0.05, 0.1) is 28.9 Å². The molecule has 0 spiro atoms. The predicted octanol–water partition coefficient (Wildman–Crippen LogP) is 5.58. The number of amides is 1. The zero-order chi connectivity index (χ0) is 23.1. The summed E-state index contributed by atoms with van der Waals surface area (Å²) in [5, 5.41) is 12.0. The van der Waals surface area contributed by atoms with Gasteiger partial charge in [0.2, 0.25) is 0 Å². The molecule has 1 atom stereocenters. The number of thiazole rings is 1. The quantitative estimate of drug-likeness (QED) is 0.236. The third-order valence-electron chi connectivity index (χ3n) is 5.47. The van der Waals surface area contributed by atoms with Gasteiger partial charge in [-0.05, 0) is 35.9 Å². The van der Waals surface area contributed by atoms with Crippen molar-refractivity contribution in [1.82, 2.24) is 4.98 Å². The summed E-state index contributed by atoms with van der Waals surface area (Å²) in [6.45, 7) is 0. The topological polar surface area (TPSA) is 79.7 Å². The van der Waals surface area contributed by atoms with Crippen molar-refractivity contribution in [2.24, 2.45) is 0 Å². The highest BCUT2D eigenvalue weighted by molar-refractivity contribution is 7.22. The van der Waals surface area contributed by atoms with Crippen molar-refractivity contribution in [2.75, 3.05) is 12.0 Å². The molecule has 1 amide bonds. The molecular formula is C25H17ClN2O4S. The molecule has 164 valence electrons. The Labute approximate surface area is 198 Å². The zero-order valence-electron chi connectivity index (χ0n) is 17.4. The van der Waals surface area contributed by atoms with E-state index in [2.05, 4.69) is 4.98 Å². The Balaban J connectivity index is 1.72. The number of fused-ring (bicyclic) bond motifs is 1. The van der Waals surface area contributed by atoms with Crippen molar-refractivity contribution in [2.45, 2.75) is 6.04 Å². The number of halogens is 1. The second kappa shape index (κ2) is 8.35. The first-order chi connectivity index (χ1) is 16.0. The van der Waals surface area contributed by atoms with Gasteiger partial charge in [0.1, 0.15) is 11.5 Å². The van der Waals surface area contributed by atoms with E-state index in [1.807, 2.05) is 6.07 Å². The highest BCUT2D eigenvalue weighted by atomic mass is 35.5. The first-order valence-corrected chi connectivity index (χ1v) is 11.2. The Hall–Kier alpha value is -3.68. The Kier molecular flexibility index (Phi) is 5.36. The zero-order valence-corrected chi connectivity index (χ0v) is 18.9. The number of hydrogen-bond acceptors (Lipinski definition) is 6. The van der Waals surface area contributed by atoms with Crippen LogP contribution < -0.4 is 9.64 Å². The number of carbonyl (C=O) groups excluding carboxylic acids is 2. The standard InChI is InChI=1S/C25H17ClN2O4S/c1-32-17-11-12-18-19(13-17)33-25(27-18)28-21(14-7-9-16(26)10-8-14)20(23(30)24(28)31)22(29)15-5-3-2-4-6-15/h2-13,21,29H,1H3/b22-20+/t21-/m1/s1. The van der Waals surface area contributed by atoms with Crippen LogP contribution in [0.5, 0.6) is 5.75 Å². The maximum Gasteiger partial charge on any atom is 0.301 e. The van der Waals surface area contributed by atoms with E-state index >= 15 is 0 Å². The lowest BCUT2D eigenvalue weighted by Gasteiger charge is -2.23. The smallest absolute Gasteiger partial charge is 0.301 e. The van der Waals surface area contributed by atoms with Gasteiger partial charge in [0.15, 0.2) is 5.13 Å². The predicted molar refractivity (Wildman–Crippen MR) is 129 cm³/mol. The number of aromatic nitrogens is 1. The minimum atomic E-state index is -0.857. The minimum absolute atomic E-state index is 0.00496. The molecular weight excluding hydrogens is 460 g/mol. The van der Waals surface area contributed by atoms with Crippen molar-refractivity contribution in [3.63, 3.8) is 0 Å². The maximum atomic E-state index is 13.2. The van der Waals surface area contributed by atoms with Crippen LogP contribution in [0.4, 0.5) is 5.13 Å². The van der Waals surface area contributed by atoms with Gasteiger partial charge in [-0.25, -0.2) is 4.98 Å². The van der Waals surface area contributed by atoms with E-state index in [0.29, 0.717) is 32.5 Å². The van der Waals surface area contributed by atoms with Gasteiger partial charge in [-0.15, -0.1) is 0 Å². The average Bonchev–Trinajstić information content (AvgIpc) is 3.37. The lowest BCUT2D eigenvalue weighted by Crippen LogP contribution is -2.29. The molecule has 4 aromatic rings. The Bertz CT molecular complexity index is 1410. The molecule has 1 saturated heterocycles. The molecule has 1 aliphatic rings. The number of ketones is 1. The highest BCUT2D eigenvalue weighted by Gasteiger charge is 2.48. The molecule has 0 radical (unpaired) electrons. The largest absolute Gasteiger partial charge is 0.507 e. The van der Waals surface area contributed by atoms with E-state index in [1.54, 1.807) is 73.8 Å². The highest BCUT2D eigenvalue weighted by Crippen LogP contribution is 2.44. The van der Waals surface area contributed by atoms with E-state index in [9.17, 15) is 14.7 Å². The van der Waals surface area contributed by atoms with E-state index in [-0.39, 0.29) is 11.3 Å². The van der Waals surface area contributed by atoms with Crippen LogP contribution in [0.25, 0.3) is 16.0 Å². The lowest BCUT2D eigenvalue weighted by molar-refractivity contribution is -0.132. The molecule has 0 saturated carbocycles. The molecule has 2 heterocycles. The molecule has 3 aromatic carbocycles. The number of aliphatic hydroxyl groups is 1. The van der Waals surface area contributed by atoms with Gasteiger partial charge in [0.25, 0.3) is 5.78 Å². The molecule has 1 N–H and O–H groups in total. The molecule has 1 aliphatic heterocycles. The number of Topliss-reactive ketones (excluding diaryl/α,β-unsaturated/α-hetero) is 1. The molecule has 0 bridgehead atoms. The monoisotopic (exact) mass is 476 g/mol. The summed E-state index contributed by atoms with van der Waals surface area (Å²) in [6.07, 6.45) is 0. The summed E-state index contributed by atoms with van der Waals surface area (Å²) in [4.78, 5) is 32.4. The van der Waals surface area contributed by atoms with Gasteiger partial charge < -0.3 is 9.84 Å². The van der Waals surface area contributed by atoms with E-state index < -0.39 is 17.7 Å². The molecule has 5 rings (SSSR count). The summed E-state index contributed by atoms with van der Waals surface area (Å²) >= 11 is 7.35. The van der Waals surface area contributed by atoms with Gasteiger partial charge >= 0.3 is 5.91 Å². The van der Waals surface area contributed by atoms with Crippen LogP contribution in [0, 0.1) is 0 Å². The third-order valence-corrected chi connectivity index (χ3v) is 6.74. The number of hydrogen-bond donors (Lipinski definition) is 1. The number of anilines is 1. The van der Waals surface area contributed by atoms with Crippen LogP contribution >= 0.6 is 22.9 Å². The van der Waals surface area contributed by atoms with Crippen LogP contribution in [-0.2, 0) is 9.59 Å². The molecule has 6 nitrogen and oxygen atoms in total. The Morgan fingerprint density at radius 1 is 1.06 bits per heavy atom. The first kappa shape index (κ1) is 21.2. The maximum absolute atomic E-state index is 13.2. The van der Waals surface area contributed by atoms with Crippen LogP contribution in [0.3, 0.4) is 0 Å². The van der Waals surface area contributed by atoms with Crippen molar-refractivity contribution in [3.05, 3.63) is 94.5 Å². The summed E-state index contributed by atoms with van der Waals surface area (Å²) in [5.74, 6) is -1.09. The number of benzene rings is 3. The first-order valence-electron chi connectivity index (χ1n) is 10.0. The van der Waals surface area contributed by atoms with Crippen molar-refractivity contribution < 1.29 is 19.4 Å². The Morgan fingerprint density at radius 3 is 2.48 bits per heavy atom. The summed E-state index contributed by atoms with van der Waals surface area (Å²) in [5.41, 5.74) is 1.76. The fourth-order valence-corrected chi connectivity index (χ4v) is 5.01. The fraction of sp³-hybridized carbons (Fsp3) is 0.0800. The molecule has 1 aromatic heterocycles. The number of carbonyl (C=O) groups is 2. The van der Waals surface area contributed by atoms with E-state index in [1.165, 1.54) is 16.2 Å². The molecule has 0 unspecified atom stereocenters. The fourth-order valence-electron chi connectivity index (χ4n) is 3.86. The average molecular weight is 477 g/mol.